The van der Waals surface area contributed by atoms with Crippen LogP contribution >= 0.6 is 0 Å². The smallest absolute Gasteiger partial charge is 0.163 e. The molecule has 0 radical (unpaired) electrons. The summed E-state index contributed by atoms with van der Waals surface area (Å²) in [4.78, 5) is 15.3. The van der Waals surface area contributed by atoms with Gasteiger partial charge in [0.15, 0.2) is 5.78 Å². The molecular weight excluding hydrogens is 190 g/mol. The number of pyridine rings is 1. The molecular formula is C12H15NO2. The van der Waals surface area contributed by atoms with Crippen molar-refractivity contribution in [1.29, 1.82) is 0 Å². The number of hydrogen-bond donors (Lipinski definition) is 1. The van der Waals surface area contributed by atoms with E-state index in [0.717, 1.165) is 5.56 Å². The van der Waals surface area contributed by atoms with E-state index >= 15 is 0 Å². The average molecular weight is 205 g/mol. The van der Waals surface area contributed by atoms with Gasteiger partial charge in [0.25, 0.3) is 0 Å². The van der Waals surface area contributed by atoms with E-state index in [0.29, 0.717) is 6.42 Å². The molecule has 0 unspecified atom stereocenters. The van der Waals surface area contributed by atoms with Crippen molar-refractivity contribution in [3.63, 3.8) is 0 Å². The van der Waals surface area contributed by atoms with Crippen LogP contribution < -0.4 is 0 Å². The zero-order valence-corrected chi connectivity index (χ0v) is 8.97. The molecule has 80 valence electrons. The molecule has 0 fully saturated rings. The van der Waals surface area contributed by atoms with E-state index in [2.05, 4.69) is 4.98 Å². The molecule has 0 bridgehead atoms. The summed E-state index contributed by atoms with van der Waals surface area (Å²) in [5.41, 5.74) is 0.905. The van der Waals surface area contributed by atoms with E-state index in [1.54, 1.807) is 24.5 Å². The van der Waals surface area contributed by atoms with Crippen molar-refractivity contribution in [1.82, 2.24) is 4.98 Å². The fraction of sp³-hybridized carbons (Fsp3) is 0.333. The number of carbonyl (C=O) groups is 1. The predicted octanol–water partition coefficient (Wildman–Crippen LogP) is 2.29. The molecule has 0 amide bonds. The molecule has 1 aromatic heterocycles. The van der Waals surface area contributed by atoms with Crippen LogP contribution in [-0.2, 0) is 11.2 Å². The maximum Gasteiger partial charge on any atom is 0.163 e. The molecule has 0 aromatic carbocycles. The minimum Gasteiger partial charge on any atom is -0.512 e. The summed E-state index contributed by atoms with van der Waals surface area (Å²) in [5.74, 6) is 0.0350. The van der Waals surface area contributed by atoms with Crippen molar-refractivity contribution in [2.24, 2.45) is 5.92 Å². The lowest BCUT2D eigenvalue weighted by molar-refractivity contribution is -0.114. The summed E-state index contributed by atoms with van der Waals surface area (Å²) < 4.78 is 0. The molecule has 0 atom stereocenters. The van der Waals surface area contributed by atoms with Gasteiger partial charge in [0, 0.05) is 30.8 Å². The Kier molecular flexibility index (Phi) is 4.03. The van der Waals surface area contributed by atoms with Crippen LogP contribution in [0.5, 0.6) is 0 Å². The predicted molar refractivity (Wildman–Crippen MR) is 58.5 cm³/mol. The topological polar surface area (TPSA) is 50.2 Å². The Bertz CT molecular complexity index is 355. The maximum absolute atomic E-state index is 11.5. The number of rotatable bonds is 4. The van der Waals surface area contributed by atoms with Gasteiger partial charge in [0.1, 0.15) is 0 Å². The van der Waals surface area contributed by atoms with Crippen molar-refractivity contribution in [3.05, 3.63) is 41.9 Å². The summed E-state index contributed by atoms with van der Waals surface area (Å²) in [6.45, 7) is 3.68. The maximum atomic E-state index is 11.5. The van der Waals surface area contributed by atoms with Crippen molar-refractivity contribution in [3.8, 4) is 0 Å². The number of carbonyl (C=O) groups excluding carboxylic acids is 1. The van der Waals surface area contributed by atoms with Crippen molar-refractivity contribution in [2.75, 3.05) is 0 Å². The van der Waals surface area contributed by atoms with Gasteiger partial charge in [0.05, 0.1) is 5.76 Å². The van der Waals surface area contributed by atoms with Gasteiger partial charge in [0.2, 0.25) is 0 Å². The lowest BCUT2D eigenvalue weighted by Gasteiger charge is -2.02. The van der Waals surface area contributed by atoms with Gasteiger partial charge in [-0.1, -0.05) is 13.8 Å². The molecule has 15 heavy (non-hydrogen) atoms. The van der Waals surface area contributed by atoms with Gasteiger partial charge >= 0.3 is 0 Å². The zero-order valence-electron chi connectivity index (χ0n) is 8.97. The van der Waals surface area contributed by atoms with E-state index < -0.39 is 0 Å². The Balaban J connectivity index is 2.61. The number of aliphatic hydroxyl groups is 1. The average Bonchev–Trinajstić information content (AvgIpc) is 2.18. The highest BCUT2D eigenvalue weighted by Gasteiger charge is 2.05. The lowest BCUT2D eigenvalue weighted by atomic mass is 10.1. The highest BCUT2D eigenvalue weighted by molar-refractivity contribution is 5.91. The standard InChI is InChI=1S/C12H15NO2/c1-9(2)12(15)8-11(14)7-10-3-5-13-6-4-10/h3-6,8-9,15H,7H2,1-2H3. The monoisotopic (exact) mass is 205 g/mol. The van der Waals surface area contributed by atoms with Gasteiger partial charge in [-0.3, -0.25) is 9.78 Å². The Morgan fingerprint density at radius 3 is 2.60 bits per heavy atom. The molecule has 0 saturated carbocycles. The van der Waals surface area contributed by atoms with Gasteiger partial charge in [-0.25, -0.2) is 0 Å². The van der Waals surface area contributed by atoms with Gasteiger partial charge in [-0.2, -0.15) is 0 Å². The number of aliphatic hydroxyl groups excluding tert-OH is 1. The fourth-order valence-corrected chi connectivity index (χ4v) is 1.08. The molecule has 0 saturated heterocycles. The molecule has 3 nitrogen and oxygen atoms in total. The van der Waals surface area contributed by atoms with Gasteiger partial charge < -0.3 is 5.11 Å². The number of aromatic nitrogens is 1. The Morgan fingerprint density at radius 1 is 1.47 bits per heavy atom. The van der Waals surface area contributed by atoms with E-state index in [1.807, 2.05) is 13.8 Å². The van der Waals surface area contributed by atoms with Gasteiger partial charge in [-0.15, -0.1) is 0 Å². The first-order valence-electron chi connectivity index (χ1n) is 4.92. The number of ketones is 1. The Labute approximate surface area is 89.5 Å². The normalized spacial score (nSPS) is 11.8. The summed E-state index contributed by atoms with van der Waals surface area (Å²) >= 11 is 0. The molecule has 1 N–H and O–H groups in total. The van der Waals surface area contributed by atoms with Gasteiger partial charge in [-0.05, 0) is 17.7 Å². The van der Waals surface area contributed by atoms with Crippen molar-refractivity contribution >= 4 is 5.78 Å². The highest BCUT2D eigenvalue weighted by atomic mass is 16.3. The van der Waals surface area contributed by atoms with E-state index in [1.165, 1.54) is 6.08 Å². The SMILES string of the molecule is CC(C)C(O)=CC(=O)Cc1ccncc1. The first-order valence-corrected chi connectivity index (χ1v) is 4.92. The van der Waals surface area contributed by atoms with E-state index in [-0.39, 0.29) is 17.5 Å². The van der Waals surface area contributed by atoms with Crippen LogP contribution in [0.4, 0.5) is 0 Å². The second kappa shape index (κ2) is 5.29. The van der Waals surface area contributed by atoms with E-state index in [4.69, 9.17) is 0 Å². The molecule has 1 rings (SSSR count). The first-order chi connectivity index (χ1) is 7.09. The number of hydrogen-bond acceptors (Lipinski definition) is 3. The van der Waals surface area contributed by atoms with Crippen LogP contribution in [-0.4, -0.2) is 15.9 Å². The van der Waals surface area contributed by atoms with Crippen LogP contribution in [0.25, 0.3) is 0 Å². The third-order valence-corrected chi connectivity index (χ3v) is 2.03. The van der Waals surface area contributed by atoms with Crippen LogP contribution in [0.2, 0.25) is 0 Å². The zero-order chi connectivity index (χ0) is 11.3. The second-order valence-electron chi connectivity index (χ2n) is 3.72. The number of allylic oxidation sites excluding steroid dienone is 2. The first kappa shape index (κ1) is 11.4. The minimum atomic E-state index is -0.0904. The third kappa shape index (κ3) is 3.94. The molecule has 1 aromatic rings. The quantitative estimate of drug-likeness (QED) is 0.606. The second-order valence-corrected chi connectivity index (χ2v) is 3.72. The Hall–Kier alpha value is -1.64. The third-order valence-electron chi connectivity index (χ3n) is 2.03. The molecule has 0 aliphatic carbocycles. The summed E-state index contributed by atoms with van der Waals surface area (Å²) in [7, 11) is 0. The van der Waals surface area contributed by atoms with Crippen LogP contribution in [0.15, 0.2) is 36.4 Å². The van der Waals surface area contributed by atoms with Crippen LogP contribution in [0, 0.1) is 5.92 Å². The largest absolute Gasteiger partial charge is 0.512 e. The summed E-state index contributed by atoms with van der Waals surface area (Å²) in [6.07, 6.45) is 4.90. The summed E-state index contributed by atoms with van der Waals surface area (Å²) in [6, 6.07) is 3.58. The molecule has 3 heteroatoms. The highest BCUT2D eigenvalue weighted by Crippen LogP contribution is 2.06. The molecule has 0 aliphatic heterocycles. The molecule has 0 spiro atoms. The number of nitrogens with zero attached hydrogens (tertiary/aromatic N) is 1. The van der Waals surface area contributed by atoms with Crippen LogP contribution in [0.1, 0.15) is 19.4 Å². The lowest BCUT2D eigenvalue weighted by Crippen LogP contribution is -2.02. The van der Waals surface area contributed by atoms with Crippen molar-refractivity contribution in [2.45, 2.75) is 20.3 Å². The van der Waals surface area contributed by atoms with Crippen molar-refractivity contribution < 1.29 is 9.90 Å². The molecule has 1 heterocycles. The minimum absolute atomic E-state index is 0.00797. The van der Waals surface area contributed by atoms with Crippen LogP contribution in [0.3, 0.4) is 0 Å². The van der Waals surface area contributed by atoms with E-state index in [9.17, 15) is 9.90 Å². The fourth-order valence-electron chi connectivity index (χ4n) is 1.08. The Morgan fingerprint density at radius 2 is 2.07 bits per heavy atom. The summed E-state index contributed by atoms with van der Waals surface area (Å²) in [5, 5.41) is 9.40. The molecule has 0 aliphatic rings.